The third-order valence-corrected chi connectivity index (χ3v) is 4.05. The van der Waals surface area contributed by atoms with Crippen LogP contribution in [0.4, 0.5) is 0 Å². The molecule has 102 valence electrons. The number of hydrogen-bond donors (Lipinski definition) is 3. The Morgan fingerprint density at radius 2 is 2.21 bits per heavy atom. The van der Waals surface area contributed by atoms with Gasteiger partial charge in [0.1, 0.15) is 0 Å². The molecule has 1 fully saturated rings. The van der Waals surface area contributed by atoms with Gasteiger partial charge in [-0.25, -0.2) is 0 Å². The molecule has 1 aromatic rings. The molecule has 2 atom stereocenters. The van der Waals surface area contributed by atoms with Crippen LogP contribution in [0.2, 0.25) is 0 Å². The predicted octanol–water partition coefficient (Wildman–Crippen LogP) is 0.514. The van der Waals surface area contributed by atoms with E-state index in [1.54, 1.807) is 0 Å². The van der Waals surface area contributed by atoms with Crippen molar-refractivity contribution < 1.29 is 9.90 Å². The molecule has 4 nitrogen and oxygen atoms in total. The smallest absolute Gasteiger partial charge is 0.237 e. The summed E-state index contributed by atoms with van der Waals surface area (Å²) in [7, 11) is 0. The summed E-state index contributed by atoms with van der Waals surface area (Å²) in [5.74, 6) is -0.0166. The van der Waals surface area contributed by atoms with Crippen LogP contribution in [0.5, 0.6) is 0 Å². The Labute approximate surface area is 113 Å². The van der Waals surface area contributed by atoms with Gasteiger partial charge in [-0.1, -0.05) is 18.2 Å². The topological polar surface area (TPSA) is 61.4 Å². The summed E-state index contributed by atoms with van der Waals surface area (Å²) in [4.78, 5) is 11.9. The highest BCUT2D eigenvalue weighted by atomic mass is 16.3. The fourth-order valence-corrected chi connectivity index (χ4v) is 2.96. The summed E-state index contributed by atoms with van der Waals surface area (Å²) in [5, 5.41) is 15.4. The van der Waals surface area contributed by atoms with Gasteiger partial charge in [0.05, 0.1) is 12.1 Å². The summed E-state index contributed by atoms with van der Waals surface area (Å²) >= 11 is 0. The Hall–Kier alpha value is -1.39. The van der Waals surface area contributed by atoms with Crippen molar-refractivity contribution in [2.75, 3.05) is 6.54 Å². The fourth-order valence-electron chi connectivity index (χ4n) is 2.96. The maximum absolute atomic E-state index is 11.9. The van der Waals surface area contributed by atoms with E-state index in [2.05, 4.69) is 28.8 Å². The van der Waals surface area contributed by atoms with Gasteiger partial charge in [-0.15, -0.1) is 0 Å². The third-order valence-electron chi connectivity index (χ3n) is 4.05. The monoisotopic (exact) mass is 260 g/mol. The highest BCUT2D eigenvalue weighted by Gasteiger charge is 2.27. The number of aryl methyl sites for hydroxylation is 2. The highest BCUT2D eigenvalue weighted by Crippen LogP contribution is 2.22. The van der Waals surface area contributed by atoms with Crippen molar-refractivity contribution in [2.45, 2.75) is 44.4 Å². The molecule has 1 saturated heterocycles. The molecule has 3 N–H and O–H groups in total. The lowest BCUT2D eigenvalue weighted by Gasteiger charge is -2.11. The number of rotatable bonds is 3. The van der Waals surface area contributed by atoms with E-state index in [0.29, 0.717) is 19.5 Å². The number of carbonyl (C=O) groups excluding carboxylic acids is 1. The molecular weight excluding hydrogens is 240 g/mol. The first-order valence-electron chi connectivity index (χ1n) is 7.02. The SMILES string of the molecule is O=C(NCc1ccc2c(c1)CCC2)[C@H]1C[C@@H](O)CN1. The Bertz CT molecular complexity index is 487. The normalized spacial score (nSPS) is 25.3. The van der Waals surface area contributed by atoms with E-state index in [-0.39, 0.29) is 11.9 Å². The molecule has 0 saturated carbocycles. The maximum Gasteiger partial charge on any atom is 0.237 e. The summed E-state index contributed by atoms with van der Waals surface area (Å²) in [6.45, 7) is 1.08. The van der Waals surface area contributed by atoms with Crippen LogP contribution in [0.15, 0.2) is 18.2 Å². The second kappa shape index (κ2) is 5.31. The average Bonchev–Trinajstić information content (AvgIpc) is 3.03. The van der Waals surface area contributed by atoms with E-state index in [9.17, 15) is 9.90 Å². The van der Waals surface area contributed by atoms with Gasteiger partial charge in [0.2, 0.25) is 5.91 Å². The van der Waals surface area contributed by atoms with Crippen LogP contribution < -0.4 is 10.6 Å². The molecule has 19 heavy (non-hydrogen) atoms. The second-order valence-corrected chi connectivity index (χ2v) is 5.52. The Morgan fingerprint density at radius 3 is 3.00 bits per heavy atom. The lowest BCUT2D eigenvalue weighted by atomic mass is 10.1. The summed E-state index contributed by atoms with van der Waals surface area (Å²) in [6.07, 6.45) is 3.71. The van der Waals surface area contributed by atoms with E-state index in [1.807, 2.05) is 0 Å². The molecule has 1 aliphatic carbocycles. The van der Waals surface area contributed by atoms with Gasteiger partial charge in [0.15, 0.2) is 0 Å². The number of amides is 1. The number of aliphatic hydroxyl groups excluding tert-OH is 1. The molecule has 0 aromatic heterocycles. The minimum absolute atomic E-state index is 0.0166. The second-order valence-electron chi connectivity index (χ2n) is 5.52. The third kappa shape index (κ3) is 2.80. The first kappa shape index (κ1) is 12.6. The van der Waals surface area contributed by atoms with Gasteiger partial charge in [-0.3, -0.25) is 4.79 Å². The molecule has 0 unspecified atom stereocenters. The minimum Gasteiger partial charge on any atom is -0.392 e. The number of carbonyl (C=O) groups is 1. The first-order chi connectivity index (χ1) is 9.22. The number of nitrogens with one attached hydrogen (secondary N) is 2. The predicted molar refractivity (Wildman–Crippen MR) is 72.7 cm³/mol. The van der Waals surface area contributed by atoms with Crippen LogP contribution in [-0.4, -0.2) is 29.7 Å². The largest absolute Gasteiger partial charge is 0.392 e. The van der Waals surface area contributed by atoms with Gasteiger partial charge in [0.25, 0.3) is 0 Å². The Morgan fingerprint density at radius 1 is 1.37 bits per heavy atom. The zero-order chi connectivity index (χ0) is 13.2. The molecule has 0 radical (unpaired) electrons. The van der Waals surface area contributed by atoms with Crippen LogP contribution in [0.25, 0.3) is 0 Å². The minimum atomic E-state index is -0.393. The molecule has 1 amide bonds. The fraction of sp³-hybridized carbons (Fsp3) is 0.533. The molecule has 0 spiro atoms. The van der Waals surface area contributed by atoms with Gasteiger partial charge >= 0.3 is 0 Å². The molecule has 1 heterocycles. The maximum atomic E-state index is 11.9. The van der Waals surface area contributed by atoms with Crippen LogP contribution in [-0.2, 0) is 24.2 Å². The average molecular weight is 260 g/mol. The Balaban J connectivity index is 1.56. The standard InChI is InChI=1S/C15H20N2O2/c18-13-7-14(16-9-13)15(19)17-8-10-4-5-11-2-1-3-12(11)6-10/h4-6,13-14,16,18H,1-3,7-9H2,(H,17,19)/t13-,14-/m1/s1. The molecule has 1 aromatic carbocycles. The van der Waals surface area contributed by atoms with Gasteiger partial charge in [0, 0.05) is 13.1 Å². The van der Waals surface area contributed by atoms with Crippen molar-refractivity contribution in [3.63, 3.8) is 0 Å². The molecule has 3 rings (SSSR count). The molecular formula is C15H20N2O2. The van der Waals surface area contributed by atoms with Crippen LogP contribution in [0.1, 0.15) is 29.5 Å². The van der Waals surface area contributed by atoms with Gasteiger partial charge in [-0.2, -0.15) is 0 Å². The van der Waals surface area contributed by atoms with Crippen molar-refractivity contribution in [3.05, 3.63) is 34.9 Å². The quantitative estimate of drug-likeness (QED) is 0.742. The molecule has 4 heteroatoms. The number of fused-ring (bicyclic) bond motifs is 1. The van der Waals surface area contributed by atoms with E-state index < -0.39 is 6.10 Å². The van der Waals surface area contributed by atoms with E-state index in [1.165, 1.54) is 24.0 Å². The van der Waals surface area contributed by atoms with Crippen molar-refractivity contribution in [1.29, 1.82) is 0 Å². The van der Waals surface area contributed by atoms with Crippen LogP contribution in [0, 0.1) is 0 Å². The Kier molecular flexibility index (Phi) is 3.53. The zero-order valence-corrected chi connectivity index (χ0v) is 11.0. The number of hydrogen-bond acceptors (Lipinski definition) is 3. The van der Waals surface area contributed by atoms with Crippen molar-refractivity contribution in [2.24, 2.45) is 0 Å². The van der Waals surface area contributed by atoms with Crippen molar-refractivity contribution in [1.82, 2.24) is 10.6 Å². The lowest BCUT2D eigenvalue weighted by molar-refractivity contribution is -0.123. The summed E-state index contributed by atoms with van der Waals surface area (Å²) < 4.78 is 0. The number of β-amino-alcohol motifs (C(OH)–C–C–N with tert-alkyl or cyclic N) is 1. The van der Waals surface area contributed by atoms with Crippen LogP contribution in [0.3, 0.4) is 0 Å². The summed E-state index contributed by atoms with van der Waals surface area (Å²) in [5.41, 5.74) is 4.05. The summed E-state index contributed by atoms with van der Waals surface area (Å²) in [6, 6.07) is 6.24. The zero-order valence-electron chi connectivity index (χ0n) is 11.0. The van der Waals surface area contributed by atoms with E-state index >= 15 is 0 Å². The van der Waals surface area contributed by atoms with Gasteiger partial charge < -0.3 is 15.7 Å². The van der Waals surface area contributed by atoms with E-state index in [0.717, 1.165) is 12.0 Å². The van der Waals surface area contributed by atoms with Crippen molar-refractivity contribution in [3.8, 4) is 0 Å². The number of benzene rings is 1. The molecule has 1 aliphatic heterocycles. The highest BCUT2D eigenvalue weighted by molar-refractivity contribution is 5.82. The lowest BCUT2D eigenvalue weighted by Crippen LogP contribution is -2.40. The first-order valence-corrected chi connectivity index (χ1v) is 7.02. The number of aliphatic hydroxyl groups is 1. The molecule has 2 aliphatic rings. The van der Waals surface area contributed by atoms with Gasteiger partial charge in [-0.05, 0) is 42.4 Å². The molecule has 0 bridgehead atoms. The van der Waals surface area contributed by atoms with Crippen LogP contribution >= 0.6 is 0 Å². The van der Waals surface area contributed by atoms with E-state index in [4.69, 9.17) is 0 Å². The van der Waals surface area contributed by atoms with Crippen molar-refractivity contribution >= 4 is 5.91 Å².